The predicted molar refractivity (Wildman–Crippen MR) is 311 cm³/mol. The first-order valence-electron chi connectivity index (χ1n) is 25.6. The Hall–Kier alpha value is -6.69. The Balaban J connectivity index is 1.38. The van der Waals surface area contributed by atoms with Crippen molar-refractivity contribution in [2.75, 3.05) is 18.1 Å². The van der Waals surface area contributed by atoms with E-state index in [4.69, 9.17) is 40.4 Å². The summed E-state index contributed by atoms with van der Waals surface area (Å²) < 4.78 is 0. The Kier molecular flexibility index (Phi) is 24.5. The van der Waals surface area contributed by atoms with Crippen LogP contribution in [0.3, 0.4) is 0 Å². The number of nitrogens with one attached hydrogen (secondary N) is 8. The van der Waals surface area contributed by atoms with Gasteiger partial charge in [0.05, 0.1) is 6.04 Å². The fourth-order valence-electron chi connectivity index (χ4n) is 8.43. The lowest BCUT2D eigenvalue weighted by molar-refractivity contribution is -0.136. The molecule has 20 nitrogen and oxygen atoms in total. The highest BCUT2D eigenvalue weighted by Crippen LogP contribution is 2.22. The van der Waals surface area contributed by atoms with Crippen LogP contribution in [0.1, 0.15) is 62.3 Å². The SMILES string of the molecule is CC(C)(C)[C@H](NC(=O)[C@H](CCCCN)NC(=O)[C@@H](Cc1c[nH]c2ccccc12)NC(=O)[C@H](Cc1cccnc1)NC(=O)[C@@H](CS)NC(=O)[C@H](N)Cc1ccc(Cl)cc1)C(=O)N[C@@H](CS)C(=O)N[C@H](Cc1ccc(Cl)cc1)C(N)=O. The van der Waals surface area contributed by atoms with E-state index in [1.165, 1.54) is 6.20 Å². The highest BCUT2D eigenvalue weighted by atomic mass is 35.5. The Bertz CT molecular complexity index is 2880. The van der Waals surface area contributed by atoms with E-state index in [-0.39, 0.29) is 50.2 Å². The van der Waals surface area contributed by atoms with Gasteiger partial charge in [0, 0.05) is 70.3 Å². The van der Waals surface area contributed by atoms with Crippen LogP contribution in [0.2, 0.25) is 10.0 Å². The van der Waals surface area contributed by atoms with Gasteiger partial charge in [-0.3, -0.25) is 43.3 Å². The number of benzene rings is 3. The molecule has 0 saturated carbocycles. The highest BCUT2D eigenvalue weighted by molar-refractivity contribution is 7.80. The normalized spacial score (nSPS) is 14.4. The first-order chi connectivity index (χ1) is 37.6. The summed E-state index contributed by atoms with van der Waals surface area (Å²) in [4.78, 5) is 119. The van der Waals surface area contributed by atoms with Crippen LogP contribution in [-0.2, 0) is 64.0 Å². The summed E-state index contributed by atoms with van der Waals surface area (Å²) in [6.07, 6.45) is 5.66. The largest absolute Gasteiger partial charge is 0.368 e. The molecule has 14 N–H and O–H groups in total. The van der Waals surface area contributed by atoms with E-state index in [0.29, 0.717) is 39.6 Å². The minimum Gasteiger partial charge on any atom is -0.368 e. The molecule has 0 unspecified atom stereocenters. The molecule has 0 radical (unpaired) electrons. The number of aromatic amines is 1. The maximum Gasteiger partial charge on any atom is 0.244 e. The predicted octanol–water partition coefficient (Wildman–Crippen LogP) is 2.38. The molecular formula is C55H70Cl2N12O8S2. The highest BCUT2D eigenvalue weighted by Gasteiger charge is 2.38. The van der Waals surface area contributed by atoms with Crippen molar-refractivity contribution in [1.82, 2.24) is 47.2 Å². The Morgan fingerprint density at radius 2 is 1.06 bits per heavy atom. The number of primary amides is 1. The van der Waals surface area contributed by atoms with Crippen molar-refractivity contribution in [3.63, 3.8) is 0 Å². The molecule has 0 spiro atoms. The molecule has 3 aromatic carbocycles. The minimum absolute atomic E-state index is 0.0411. The summed E-state index contributed by atoms with van der Waals surface area (Å²) in [5, 5.41) is 20.8. The van der Waals surface area contributed by atoms with E-state index in [1.807, 2.05) is 24.3 Å². The molecular weight excluding hydrogens is 1090 g/mol. The van der Waals surface area contributed by atoms with Crippen LogP contribution in [-0.4, -0.2) is 124 Å². The molecule has 79 heavy (non-hydrogen) atoms. The average molecular weight is 1160 g/mol. The van der Waals surface area contributed by atoms with Crippen molar-refractivity contribution in [3.05, 3.63) is 136 Å². The van der Waals surface area contributed by atoms with Crippen molar-refractivity contribution in [3.8, 4) is 0 Å². The quantitative estimate of drug-likeness (QED) is 0.0244. The molecule has 2 heterocycles. The summed E-state index contributed by atoms with van der Waals surface area (Å²) >= 11 is 20.7. The molecule has 0 aliphatic carbocycles. The smallest absolute Gasteiger partial charge is 0.244 e. The second-order valence-electron chi connectivity index (χ2n) is 20.1. The van der Waals surface area contributed by atoms with Crippen LogP contribution < -0.4 is 54.4 Å². The first-order valence-corrected chi connectivity index (χ1v) is 27.6. The van der Waals surface area contributed by atoms with Gasteiger partial charge in [-0.1, -0.05) is 92.5 Å². The van der Waals surface area contributed by atoms with Gasteiger partial charge in [-0.25, -0.2) is 0 Å². The molecule has 0 saturated heterocycles. The minimum atomic E-state index is -1.38. The number of carbonyl (C=O) groups is 8. The average Bonchev–Trinajstić information content (AvgIpc) is 3.84. The summed E-state index contributed by atoms with van der Waals surface area (Å²) in [6, 6.07) is 14.1. The fraction of sp³-hybridized carbons (Fsp3) is 0.400. The molecule has 0 aliphatic rings. The summed E-state index contributed by atoms with van der Waals surface area (Å²) in [5.74, 6) is -6.42. The number of carbonyl (C=O) groups excluding carboxylic acids is 8. The van der Waals surface area contributed by atoms with Gasteiger partial charge in [0.15, 0.2) is 0 Å². The van der Waals surface area contributed by atoms with Gasteiger partial charge < -0.3 is 59.4 Å². The van der Waals surface area contributed by atoms with Gasteiger partial charge in [0.1, 0.15) is 42.3 Å². The molecule has 5 rings (SSSR count). The third-order valence-corrected chi connectivity index (χ3v) is 14.1. The number of thiol groups is 2. The molecule has 8 amide bonds. The number of hydrogen-bond donors (Lipinski definition) is 13. The standard InChI is InChI=1S/C55H70Cl2N12O8S2/c1-55(2,3)46(54(77)68-45(30-79)52(75)64-41(47(60)70)24-32-15-19-36(57)20-16-32)69-49(72)40(12-6-7-21-58)63-51(74)43(26-34-28-62-39-11-5-4-10-37(34)39)66-50(73)42(25-33-9-8-22-61-27-33)65-53(76)44(29-78)67-48(71)38(59)23-31-13-17-35(56)18-14-31/h4-5,8-11,13-20,22,27-28,38,40-46,62,78-79H,6-7,12,21,23-26,29-30,58-59H2,1-3H3,(H2,60,70)(H,63,74)(H,64,75)(H,65,76)(H,66,73)(H,67,71)(H,68,77)(H,69,72)/t38-,40+,41-,42+,43-,44-,45+,46-/m1/s1. The van der Waals surface area contributed by atoms with Crippen molar-refractivity contribution in [1.29, 1.82) is 0 Å². The number of H-pyrrole nitrogens is 1. The van der Waals surface area contributed by atoms with Crippen molar-refractivity contribution in [2.24, 2.45) is 22.6 Å². The van der Waals surface area contributed by atoms with Gasteiger partial charge in [-0.05, 0) is 96.3 Å². The summed E-state index contributed by atoms with van der Waals surface area (Å²) in [6.45, 7) is 5.36. The second kappa shape index (κ2) is 30.6. The molecule has 424 valence electrons. The number of fused-ring (bicyclic) bond motifs is 1. The van der Waals surface area contributed by atoms with Crippen LogP contribution in [0, 0.1) is 5.41 Å². The zero-order chi connectivity index (χ0) is 57.8. The third kappa shape index (κ3) is 19.6. The van der Waals surface area contributed by atoms with Gasteiger partial charge in [-0.2, -0.15) is 25.3 Å². The van der Waals surface area contributed by atoms with Crippen LogP contribution in [0.25, 0.3) is 10.9 Å². The first kappa shape index (κ1) is 63.1. The monoisotopic (exact) mass is 1160 g/mol. The molecule has 5 aromatic rings. The van der Waals surface area contributed by atoms with Crippen molar-refractivity contribution < 1.29 is 38.4 Å². The number of unbranched alkanes of at least 4 members (excludes halogenated alkanes) is 1. The number of nitrogens with two attached hydrogens (primary N) is 3. The second-order valence-corrected chi connectivity index (χ2v) is 21.7. The van der Waals surface area contributed by atoms with Crippen LogP contribution in [0.4, 0.5) is 0 Å². The van der Waals surface area contributed by atoms with Gasteiger partial charge in [-0.15, -0.1) is 0 Å². The topological polar surface area (TPSA) is 328 Å². The molecule has 0 aliphatic heterocycles. The Labute approximate surface area is 480 Å². The lowest BCUT2D eigenvalue weighted by Gasteiger charge is -2.33. The zero-order valence-corrected chi connectivity index (χ0v) is 47.4. The molecule has 2 aromatic heterocycles. The number of aromatic nitrogens is 2. The Morgan fingerprint density at radius 1 is 0.570 bits per heavy atom. The van der Waals surface area contributed by atoms with E-state index in [9.17, 15) is 38.4 Å². The number of hydrogen-bond acceptors (Lipinski definition) is 13. The van der Waals surface area contributed by atoms with E-state index in [1.54, 1.807) is 93.8 Å². The summed E-state index contributed by atoms with van der Waals surface area (Å²) in [7, 11) is 0. The number of para-hydroxylation sites is 1. The van der Waals surface area contributed by atoms with E-state index in [0.717, 1.165) is 16.5 Å². The number of amides is 8. The van der Waals surface area contributed by atoms with Gasteiger partial charge >= 0.3 is 0 Å². The van der Waals surface area contributed by atoms with Gasteiger partial charge in [0.25, 0.3) is 0 Å². The van der Waals surface area contributed by atoms with E-state index >= 15 is 0 Å². The van der Waals surface area contributed by atoms with Gasteiger partial charge in [0.2, 0.25) is 47.3 Å². The zero-order valence-electron chi connectivity index (χ0n) is 44.1. The van der Waals surface area contributed by atoms with Crippen LogP contribution in [0.15, 0.2) is 104 Å². The van der Waals surface area contributed by atoms with Crippen LogP contribution in [0.5, 0.6) is 0 Å². The van der Waals surface area contributed by atoms with E-state index < -0.39 is 101 Å². The maximum absolute atomic E-state index is 14.8. The van der Waals surface area contributed by atoms with E-state index in [2.05, 4.69) is 72.4 Å². The fourth-order valence-corrected chi connectivity index (χ4v) is 9.20. The molecule has 0 fully saturated rings. The Morgan fingerprint density at radius 3 is 1.61 bits per heavy atom. The maximum atomic E-state index is 14.8. The number of pyridine rings is 1. The third-order valence-electron chi connectivity index (χ3n) is 12.9. The molecule has 8 atom stereocenters. The lowest BCUT2D eigenvalue weighted by Crippen LogP contribution is -2.62. The lowest BCUT2D eigenvalue weighted by atomic mass is 9.85. The van der Waals surface area contributed by atoms with Crippen molar-refractivity contribution in [2.45, 2.75) is 114 Å². The van der Waals surface area contributed by atoms with Crippen molar-refractivity contribution >= 4 is 107 Å². The van der Waals surface area contributed by atoms with Crippen LogP contribution >= 0.6 is 48.5 Å². The molecule has 24 heteroatoms. The number of halogens is 2. The summed E-state index contributed by atoms with van der Waals surface area (Å²) in [5.41, 5.74) is 20.1. The number of rotatable bonds is 29. The molecule has 0 bridgehead atoms. The number of nitrogens with zero attached hydrogens (tertiary/aromatic N) is 1.